The van der Waals surface area contributed by atoms with Gasteiger partial charge in [-0.3, -0.25) is 14.5 Å². The molecule has 4 rings (SSSR count). The monoisotopic (exact) mass is 424 g/mol. The van der Waals surface area contributed by atoms with Gasteiger partial charge < -0.3 is 14.4 Å². The number of nitrogens with zero attached hydrogens (tertiary/aromatic N) is 2. The van der Waals surface area contributed by atoms with E-state index in [0.29, 0.717) is 16.2 Å². The van der Waals surface area contributed by atoms with Crippen molar-refractivity contribution in [3.8, 4) is 11.5 Å². The van der Waals surface area contributed by atoms with Crippen molar-refractivity contribution in [2.24, 2.45) is 0 Å². The fourth-order valence-corrected chi connectivity index (χ4v) is 4.60. The van der Waals surface area contributed by atoms with Crippen LogP contribution >= 0.6 is 11.8 Å². The number of benzene rings is 2. The molecule has 6 nitrogen and oxygen atoms in total. The van der Waals surface area contributed by atoms with E-state index in [1.165, 1.54) is 4.90 Å². The maximum absolute atomic E-state index is 12.9. The van der Waals surface area contributed by atoms with Crippen LogP contribution in [0.2, 0.25) is 0 Å². The third-order valence-corrected chi connectivity index (χ3v) is 6.23. The summed E-state index contributed by atoms with van der Waals surface area (Å²) in [6.07, 6.45) is 4.02. The van der Waals surface area contributed by atoms with Gasteiger partial charge in [-0.1, -0.05) is 30.3 Å². The average Bonchev–Trinajstić information content (AvgIpc) is 3.39. The van der Waals surface area contributed by atoms with Crippen molar-refractivity contribution >= 4 is 34.7 Å². The number of hydrogen-bond acceptors (Lipinski definition) is 6. The van der Waals surface area contributed by atoms with Crippen molar-refractivity contribution in [3.63, 3.8) is 0 Å². The SMILES string of the molecule is COc1cc(N2CCCC2)c(OC)cc1/C=C1/SC(=O)N(Cc2ccccc2)C1=O. The smallest absolute Gasteiger partial charge is 0.293 e. The summed E-state index contributed by atoms with van der Waals surface area (Å²) >= 11 is 0.950. The molecule has 0 aliphatic carbocycles. The van der Waals surface area contributed by atoms with Crippen LogP contribution in [-0.2, 0) is 11.3 Å². The minimum Gasteiger partial charge on any atom is -0.496 e. The van der Waals surface area contributed by atoms with Crippen LogP contribution in [0.25, 0.3) is 6.08 Å². The van der Waals surface area contributed by atoms with Gasteiger partial charge in [0.25, 0.3) is 11.1 Å². The van der Waals surface area contributed by atoms with E-state index in [2.05, 4.69) is 4.90 Å². The highest BCUT2D eigenvalue weighted by molar-refractivity contribution is 8.18. The number of hydrogen-bond donors (Lipinski definition) is 0. The van der Waals surface area contributed by atoms with Crippen molar-refractivity contribution in [2.45, 2.75) is 19.4 Å². The number of ether oxygens (including phenoxy) is 2. The molecule has 0 saturated carbocycles. The van der Waals surface area contributed by atoms with E-state index < -0.39 is 0 Å². The number of methoxy groups -OCH3 is 2. The molecule has 0 atom stereocenters. The summed E-state index contributed by atoms with van der Waals surface area (Å²) in [5, 5.41) is -0.269. The second kappa shape index (κ2) is 8.83. The topological polar surface area (TPSA) is 59.1 Å². The largest absolute Gasteiger partial charge is 0.496 e. The molecule has 0 radical (unpaired) electrons. The zero-order valence-electron chi connectivity index (χ0n) is 17.1. The first-order valence-corrected chi connectivity index (χ1v) is 10.7. The normalized spacial score (nSPS) is 17.9. The lowest BCUT2D eigenvalue weighted by Gasteiger charge is -2.22. The first kappa shape index (κ1) is 20.3. The summed E-state index contributed by atoms with van der Waals surface area (Å²) in [5.74, 6) is 1.08. The van der Waals surface area contributed by atoms with Crippen molar-refractivity contribution < 1.29 is 19.1 Å². The van der Waals surface area contributed by atoms with Crippen molar-refractivity contribution in [1.82, 2.24) is 4.90 Å². The molecule has 0 N–H and O–H groups in total. The fourth-order valence-electron chi connectivity index (χ4n) is 3.77. The third kappa shape index (κ3) is 4.03. The predicted octanol–water partition coefficient (Wildman–Crippen LogP) is 4.54. The van der Waals surface area contributed by atoms with Gasteiger partial charge in [0, 0.05) is 24.7 Å². The van der Waals surface area contributed by atoms with E-state index in [0.717, 1.165) is 54.7 Å². The molecule has 7 heteroatoms. The minimum absolute atomic E-state index is 0.261. The molecule has 0 bridgehead atoms. The first-order chi connectivity index (χ1) is 14.6. The Labute approximate surface area is 180 Å². The molecule has 0 spiro atoms. The molecule has 2 saturated heterocycles. The number of anilines is 1. The summed E-state index contributed by atoms with van der Waals surface area (Å²) < 4.78 is 11.2. The van der Waals surface area contributed by atoms with Gasteiger partial charge >= 0.3 is 0 Å². The van der Waals surface area contributed by atoms with Gasteiger partial charge in [-0.25, -0.2) is 0 Å². The summed E-state index contributed by atoms with van der Waals surface area (Å²) in [6, 6.07) is 13.3. The molecule has 2 fully saturated rings. The van der Waals surface area contributed by atoms with E-state index >= 15 is 0 Å². The highest BCUT2D eigenvalue weighted by atomic mass is 32.2. The quantitative estimate of drug-likeness (QED) is 0.635. The number of rotatable bonds is 6. The minimum atomic E-state index is -0.293. The van der Waals surface area contributed by atoms with Crippen LogP contribution in [-0.4, -0.2) is 43.4 Å². The number of imide groups is 1. The molecule has 30 heavy (non-hydrogen) atoms. The van der Waals surface area contributed by atoms with E-state index in [4.69, 9.17) is 9.47 Å². The van der Waals surface area contributed by atoms with Crippen LogP contribution in [0, 0.1) is 0 Å². The second-order valence-corrected chi connectivity index (χ2v) is 8.21. The van der Waals surface area contributed by atoms with Crippen LogP contribution < -0.4 is 14.4 Å². The van der Waals surface area contributed by atoms with Gasteiger partial charge in [-0.2, -0.15) is 0 Å². The Bertz CT molecular complexity index is 984. The summed E-state index contributed by atoms with van der Waals surface area (Å²) in [7, 11) is 3.24. The van der Waals surface area contributed by atoms with Crippen LogP contribution in [0.5, 0.6) is 11.5 Å². The molecule has 2 aromatic carbocycles. The van der Waals surface area contributed by atoms with Gasteiger partial charge in [0.05, 0.1) is 31.4 Å². The zero-order chi connectivity index (χ0) is 21.1. The summed E-state index contributed by atoms with van der Waals surface area (Å²) in [5.41, 5.74) is 2.61. The van der Waals surface area contributed by atoms with Crippen LogP contribution in [0.3, 0.4) is 0 Å². The standard InChI is InChI=1S/C23H24N2O4S/c1-28-19-14-18(24-10-6-7-11-24)20(29-2)12-17(19)13-21-22(26)25(23(27)30-21)15-16-8-4-3-5-9-16/h3-5,8-9,12-14H,6-7,10-11,15H2,1-2H3/b21-13+. The highest BCUT2D eigenvalue weighted by Crippen LogP contribution is 2.40. The molecule has 156 valence electrons. The highest BCUT2D eigenvalue weighted by Gasteiger charge is 2.35. The van der Waals surface area contributed by atoms with Crippen LogP contribution in [0.4, 0.5) is 10.5 Å². The van der Waals surface area contributed by atoms with E-state index in [1.807, 2.05) is 42.5 Å². The van der Waals surface area contributed by atoms with Gasteiger partial charge in [-0.15, -0.1) is 0 Å². The maximum Gasteiger partial charge on any atom is 0.293 e. The van der Waals surface area contributed by atoms with Crippen molar-refractivity contribution in [3.05, 3.63) is 58.5 Å². The van der Waals surface area contributed by atoms with E-state index in [-0.39, 0.29) is 17.7 Å². The van der Waals surface area contributed by atoms with Crippen LogP contribution in [0.15, 0.2) is 47.4 Å². The Balaban J connectivity index is 1.63. The number of thioether (sulfide) groups is 1. The maximum atomic E-state index is 12.9. The van der Waals surface area contributed by atoms with E-state index in [1.54, 1.807) is 20.3 Å². The molecular weight excluding hydrogens is 400 g/mol. The molecule has 2 aliphatic heterocycles. The van der Waals surface area contributed by atoms with Gasteiger partial charge in [-0.05, 0) is 42.3 Å². The molecular formula is C23H24N2O4S. The molecule has 2 aliphatic rings. The Morgan fingerprint density at radius 2 is 1.70 bits per heavy atom. The second-order valence-electron chi connectivity index (χ2n) is 7.21. The number of carbonyl (C=O) groups excluding carboxylic acids is 2. The molecule has 2 aromatic rings. The number of amides is 2. The molecule has 2 heterocycles. The first-order valence-electron chi connectivity index (χ1n) is 9.91. The van der Waals surface area contributed by atoms with Gasteiger partial charge in [0.2, 0.25) is 0 Å². The lowest BCUT2D eigenvalue weighted by atomic mass is 10.1. The molecule has 0 unspecified atom stereocenters. The Hall–Kier alpha value is -2.93. The average molecular weight is 425 g/mol. The zero-order valence-corrected chi connectivity index (χ0v) is 17.9. The van der Waals surface area contributed by atoms with Gasteiger partial charge in [0.1, 0.15) is 11.5 Å². The lowest BCUT2D eigenvalue weighted by molar-refractivity contribution is -0.123. The summed E-state index contributed by atoms with van der Waals surface area (Å²) in [4.78, 5) is 29.3. The Kier molecular flexibility index (Phi) is 5.99. The van der Waals surface area contributed by atoms with Crippen molar-refractivity contribution in [2.75, 3.05) is 32.2 Å². The number of carbonyl (C=O) groups is 2. The van der Waals surface area contributed by atoms with Crippen molar-refractivity contribution in [1.29, 1.82) is 0 Å². The lowest BCUT2D eigenvalue weighted by Crippen LogP contribution is -2.27. The fraction of sp³-hybridized carbons (Fsp3) is 0.304. The van der Waals surface area contributed by atoms with Crippen LogP contribution in [0.1, 0.15) is 24.0 Å². The summed E-state index contributed by atoms with van der Waals surface area (Å²) in [6.45, 7) is 2.23. The molecule has 0 aromatic heterocycles. The Morgan fingerprint density at radius 1 is 1.00 bits per heavy atom. The van der Waals surface area contributed by atoms with E-state index in [9.17, 15) is 9.59 Å². The molecule has 2 amide bonds. The predicted molar refractivity (Wildman–Crippen MR) is 119 cm³/mol. The third-order valence-electron chi connectivity index (χ3n) is 5.32. The van der Waals surface area contributed by atoms with Gasteiger partial charge in [0.15, 0.2) is 0 Å². The Morgan fingerprint density at radius 3 is 2.37 bits per heavy atom.